The van der Waals surface area contributed by atoms with E-state index in [0.717, 1.165) is 50.1 Å². The van der Waals surface area contributed by atoms with Crippen molar-refractivity contribution < 1.29 is 40.9 Å². The molecule has 0 amide bonds. The Morgan fingerprint density at radius 1 is 0.463 bits per heavy atom. The van der Waals surface area contributed by atoms with Crippen LogP contribution < -0.4 is 0 Å². The molecular weight excluding hydrogens is 845 g/mol. The first-order chi connectivity index (χ1) is 32.4. The van der Waals surface area contributed by atoms with E-state index in [4.69, 9.17) is 15.0 Å². The molecule has 8 aromatic carbocycles. The van der Waals surface area contributed by atoms with Gasteiger partial charge in [-0.25, -0.2) is 15.0 Å². The second kappa shape index (κ2) is 15.2. The van der Waals surface area contributed by atoms with E-state index in [-0.39, 0.29) is 33.4 Å². The fourth-order valence-electron chi connectivity index (χ4n) is 9.40. The summed E-state index contributed by atoms with van der Waals surface area (Å²) in [6, 6.07) is 42.7. The van der Waals surface area contributed by atoms with Crippen LogP contribution in [0.1, 0.15) is 22.3 Å². The van der Waals surface area contributed by atoms with E-state index < -0.39 is 46.0 Å². The number of fused-ring (bicyclic) bond motifs is 6. The largest absolute Gasteiger partial charge is 0.507 e. The summed E-state index contributed by atoms with van der Waals surface area (Å²) in [5, 5.41) is 89.7. The zero-order valence-corrected chi connectivity index (χ0v) is 35.6. The Morgan fingerprint density at radius 3 is 1.67 bits per heavy atom. The van der Waals surface area contributed by atoms with Crippen molar-refractivity contribution in [2.24, 2.45) is 0 Å². The zero-order valence-electron chi connectivity index (χ0n) is 35.6. The van der Waals surface area contributed by atoms with Crippen LogP contribution in [-0.2, 0) is 6.42 Å². The predicted octanol–water partition coefficient (Wildman–Crippen LogP) is 11.5. The third-order valence-corrected chi connectivity index (χ3v) is 12.7. The van der Waals surface area contributed by atoms with Crippen molar-refractivity contribution in [2.75, 3.05) is 0 Å². The molecule has 1 aliphatic carbocycles. The molecule has 326 valence electrons. The third kappa shape index (κ3) is 6.18. The minimum atomic E-state index is -0.973. The molecule has 11 rings (SSSR count). The van der Waals surface area contributed by atoms with Gasteiger partial charge in [0, 0.05) is 55.4 Å². The fraction of sp³-hybridized carbons (Fsp3) is 0.0364. The Labute approximate surface area is 381 Å². The summed E-state index contributed by atoms with van der Waals surface area (Å²) < 4.78 is 1.97. The van der Waals surface area contributed by atoms with E-state index in [2.05, 4.69) is 30.8 Å². The molecule has 12 nitrogen and oxygen atoms in total. The molecule has 1 aliphatic rings. The van der Waals surface area contributed by atoms with Crippen molar-refractivity contribution in [1.82, 2.24) is 19.5 Å². The van der Waals surface area contributed by atoms with Crippen molar-refractivity contribution in [3.05, 3.63) is 162 Å². The molecule has 2 aromatic heterocycles. The topological polar surface area (TPSA) is 205 Å². The Balaban J connectivity index is 1.10. The summed E-state index contributed by atoms with van der Waals surface area (Å²) in [5.41, 5.74) is 8.43. The quantitative estimate of drug-likeness (QED) is 0.0558. The Hall–Kier alpha value is -9.29. The highest BCUT2D eigenvalue weighted by Gasteiger charge is 2.30. The summed E-state index contributed by atoms with van der Waals surface area (Å²) in [4.78, 5) is 14.7. The van der Waals surface area contributed by atoms with Crippen LogP contribution in [0.5, 0.6) is 46.0 Å². The molecule has 0 saturated carbocycles. The van der Waals surface area contributed by atoms with Gasteiger partial charge in [-0.3, -0.25) is 0 Å². The summed E-state index contributed by atoms with van der Waals surface area (Å²) in [7, 11) is 0. The molecule has 10 aromatic rings. The highest BCUT2D eigenvalue weighted by atomic mass is 16.3. The minimum absolute atomic E-state index is 0.106. The van der Waals surface area contributed by atoms with Crippen LogP contribution in [0.15, 0.2) is 140 Å². The van der Waals surface area contributed by atoms with Crippen molar-refractivity contribution in [3.8, 4) is 119 Å². The highest BCUT2D eigenvalue weighted by molar-refractivity contribution is 6.17. The van der Waals surface area contributed by atoms with Gasteiger partial charge in [0.15, 0.2) is 40.5 Å². The summed E-state index contributed by atoms with van der Waals surface area (Å²) >= 11 is 0. The molecule has 8 N–H and O–H groups in total. The standard InChI is InChI=1S/C55H38N4O8/c1-3-35-42(48(63)52(67)51(66)47(35)62)33-25-39-38-16-10-11-17-41(38)59(44(39)40(26-33)43-45(60)27(2)46(61)50(65)49(43)64)34-19-21-37-32(24-34)23-31-22-30(18-20-36(31)37)55-57-53(28-12-6-4-7-13-28)56-54(58-55)29-14-8-5-9-15-29/h3-22,24-26,60-67H,1,23H2,2H3. The van der Waals surface area contributed by atoms with Gasteiger partial charge in [0.2, 0.25) is 17.2 Å². The Kier molecular flexibility index (Phi) is 9.17. The van der Waals surface area contributed by atoms with Crippen molar-refractivity contribution in [2.45, 2.75) is 13.3 Å². The number of phenolic OH excluding ortho intramolecular Hbond substituents is 8. The smallest absolute Gasteiger partial charge is 0.204 e. The molecule has 0 saturated heterocycles. The van der Waals surface area contributed by atoms with Gasteiger partial charge in [-0.05, 0) is 77.6 Å². The van der Waals surface area contributed by atoms with Crippen LogP contribution in [0, 0.1) is 6.92 Å². The molecule has 0 unspecified atom stereocenters. The molecule has 67 heavy (non-hydrogen) atoms. The molecular formula is C55H38N4O8. The van der Waals surface area contributed by atoms with Crippen LogP contribution >= 0.6 is 0 Å². The molecule has 0 fully saturated rings. The first-order valence-corrected chi connectivity index (χ1v) is 21.2. The number of hydrogen-bond acceptors (Lipinski definition) is 11. The second-order valence-electron chi connectivity index (χ2n) is 16.5. The Morgan fingerprint density at radius 2 is 1.01 bits per heavy atom. The van der Waals surface area contributed by atoms with Crippen LogP contribution in [0.4, 0.5) is 0 Å². The Bertz CT molecular complexity index is 3650. The van der Waals surface area contributed by atoms with Gasteiger partial charge in [0.25, 0.3) is 0 Å². The maximum atomic E-state index is 11.7. The SMILES string of the molecule is C=Cc1c(O)c(O)c(O)c(O)c1-c1cc(-c2c(O)c(C)c(O)c(O)c2O)c2c(c1)c1ccccc1n2-c1ccc2c(c1)Cc1cc(-c3nc(-c4ccccc4)nc(-c4ccccc4)n3)ccc1-2. The van der Waals surface area contributed by atoms with E-state index >= 15 is 0 Å². The summed E-state index contributed by atoms with van der Waals surface area (Å²) in [5.74, 6) is -4.67. The van der Waals surface area contributed by atoms with E-state index in [1.807, 2.05) is 102 Å². The number of nitrogens with zero attached hydrogens (tertiary/aromatic N) is 4. The molecule has 0 bridgehead atoms. The first-order valence-electron chi connectivity index (χ1n) is 21.2. The minimum Gasteiger partial charge on any atom is -0.507 e. The molecule has 0 atom stereocenters. The number of aromatic hydroxyl groups is 8. The van der Waals surface area contributed by atoms with Crippen LogP contribution in [-0.4, -0.2) is 60.4 Å². The summed E-state index contributed by atoms with van der Waals surface area (Å²) in [6.07, 6.45) is 1.79. The van der Waals surface area contributed by atoms with Gasteiger partial charge in [-0.15, -0.1) is 0 Å². The van der Waals surface area contributed by atoms with E-state index in [1.165, 1.54) is 19.1 Å². The first kappa shape index (κ1) is 40.5. The van der Waals surface area contributed by atoms with Crippen LogP contribution in [0.25, 0.3) is 101 Å². The maximum absolute atomic E-state index is 11.7. The normalized spacial score (nSPS) is 11.8. The second-order valence-corrected chi connectivity index (χ2v) is 16.5. The maximum Gasteiger partial charge on any atom is 0.204 e. The molecule has 12 heteroatoms. The van der Waals surface area contributed by atoms with Crippen LogP contribution in [0.3, 0.4) is 0 Å². The van der Waals surface area contributed by atoms with Gasteiger partial charge in [0.05, 0.1) is 16.6 Å². The van der Waals surface area contributed by atoms with Gasteiger partial charge >= 0.3 is 0 Å². The van der Waals surface area contributed by atoms with Crippen LogP contribution in [0.2, 0.25) is 0 Å². The molecule has 0 aliphatic heterocycles. The lowest BCUT2D eigenvalue weighted by atomic mass is 9.90. The van der Waals surface area contributed by atoms with E-state index in [0.29, 0.717) is 40.2 Å². The lowest BCUT2D eigenvalue weighted by Gasteiger charge is -2.19. The van der Waals surface area contributed by atoms with Gasteiger partial charge in [-0.1, -0.05) is 110 Å². The van der Waals surface area contributed by atoms with Crippen molar-refractivity contribution in [1.29, 1.82) is 0 Å². The fourth-order valence-corrected chi connectivity index (χ4v) is 9.40. The third-order valence-electron chi connectivity index (χ3n) is 12.7. The number of rotatable bonds is 7. The van der Waals surface area contributed by atoms with Crippen molar-refractivity contribution in [3.63, 3.8) is 0 Å². The molecule has 2 heterocycles. The number of hydrogen-bond donors (Lipinski definition) is 8. The number of phenols is 8. The van der Waals surface area contributed by atoms with E-state index in [9.17, 15) is 40.9 Å². The summed E-state index contributed by atoms with van der Waals surface area (Å²) in [6.45, 7) is 5.15. The van der Waals surface area contributed by atoms with Gasteiger partial charge in [-0.2, -0.15) is 0 Å². The van der Waals surface area contributed by atoms with Gasteiger partial charge < -0.3 is 45.4 Å². The lowest BCUT2D eigenvalue weighted by molar-refractivity contribution is 0.346. The lowest BCUT2D eigenvalue weighted by Crippen LogP contribution is -2.00. The average Bonchev–Trinajstić information content (AvgIpc) is 3.90. The van der Waals surface area contributed by atoms with Gasteiger partial charge in [0.1, 0.15) is 5.75 Å². The zero-order chi connectivity index (χ0) is 46.4. The average molecular weight is 883 g/mol. The van der Waals surface area contributed by atoms with Crippen molar-refractivity contribution >= 4 is 27.9 Å². The number of aromatic nitrogens is 4. The molecule has 0 spiro atoms. The van der Waals surface area contributed by atoms with E-state index in [1.54, 1.807) is 6.07 Å². The predicted molar refractivity (Wildman–Crippen MR) is 258 cm³/mol. The monoisotopic (exact) mass is 882 g/mol. The number of para-hydroxylation sites is 1. The molecule has 0 radical (unpaired) electrons. The highest BCUT2D eigenvalue weighted by Crippen LogP contribution is 2.56. The number of benzene rings is 8.